The zero-order chi connectivity index (χ0) is 8.81. The molecule has 12 heavy (non-hydrogen) atoms. The average Bonchev–Trinajstić information content (AvgIpc) is 2.15. The third-order valence-electron chi connectivity index (χ3n) is 1.92. The van der Waals surface area contributed by atoms with Gasteiger partial charge in [0.15, 0.2) is 6.29 Å². The minimum Gasteiger partial charge on any atom is -0.356 e. The SMILES string of the molecule is CO[C@H]1CCC[C@@H](CN=[N+]=[N-])O1. The molecule has 0 saturated carbocycles. The molecule has 0 bridgehead atoms. The summed E-state index contributed by atoms with van der Waals surface area (Å²) in [4.78, 5) is 2.68. The molecule has 0 aliphatic carbocycles. The van der Waals surface area contributed by atoms with Crippen molar-refractivity contribution in [2.24, 2.45) is 5.11 Å². The van der Waals surface area contributed by atoms with E-state index in [0.717, 1.165) is 19.3 Å². The first-order valence-corrected chi connectivity index (χ1v) is 4.06. The Kier molecular flexibility index (Phi) is 3.87. The summed E-state index contributed by atoms with van der Waals surface area (Å²) >= 11 is 0. The first kappa shape index (κ1) is 9.32. The third-order valence-corrected chi connectivity index (χ3v) is 1.92. The van der Waals surface area contributed by atoms with Crippen molar-refractivity contribution in [3.05, 3.63) is 10.4 Å². The second-order valence-electron chi connectivity index (χ2n) is 2.77. The molecule has 0 aromatic rings. The monoisotopic (exact) mass is 171 g/mol. The molecular formula is C7H13N3O2. The zero-order valence-electron chi connectivity index (χ0n) is 7.14. The predicted molar refractivity (Wildman–Crippen MR) is 43.5 cm³/mol. The van der Waals surface area contributed by atoms with Crippen molar-refractivity contribution in [1.82, 2.24) is 0 Å². The first-order chi connectivity index (χ1) is 5.86. The van der Waals surface area contributed by atoms with Crippen molar-refractivity contribution in [3.8, 4) is 0 Å². The van der Waals surface area contributed by atoms with Crippen LogP contribution < -0.4 is 0 Å². The molecule has 0 N–H and O–H groups in total. The minimum absolute atomic E-state index is 0.0413. The van der Waals surface area contributed by atoms with Crippen LogP contribution in [0.25, 0.3) is 10.4 Å². The summed E-state index contributed by atoms with van der Waals surface area (Å²) in [6.07, 6.45) is 2.89. The molecule has 0 unspecified atom stereocenters. The molecule has 2 atom stereocenters. The summed E-state index contributed by atoms with van der Waals surface area (Å²) in [5.74, 6) is 0. The Labute approximate surface area is 71.3 Å². The van der Waals surface area contributed by atoms with Gasteiger partial charge in [0.25, 0.3) is 0 Å². The summed E-state index contributed by atoms with van der Waals surface area (Å²) in [7, 11) is 1.63. The maximum Gasteiger partial charge on any atom is 0.157 e. The number of ether oxygens (including phenoxy) is 2. The molecule has 1 saturated heterocycles. The Morgan fingerprint density at radius 2 is 2.50 bits per heavy atom. The van der Waals surface area contributed by atoms with Crippen LogP contribution in [0.4, 0.5) is 0 Å². The Morgan fingerprint density at radius 1 is 1.67 bits per heavy atom. The van der Waals surface area contributed by atoms with E-state index in [-0.39, 0.29) is 12.4 Å². The quantitative estimate of drug-likeness (QED) is 0.369. The molecule has 68 valence electrons. The van der Waals surface area contributed by atoms with Gasteiger partial charge in [-0.05, 0) is 24.8 Å². The smallest absolute Gasteiger partial charge is 0.157 e. The second kappa shape index (κ2) is 4.98. The molecule has 5 nitrogen and oxygen atoms in total. The van der Waals surface area contributed by atoms with Gasteiger partial charge in [-0.1, -0.05) is 5.11 Å². The van der Waals surface area contributed by atoms with Crippen molar-refractivity contribution in [1.29, 1.82) is 0 Å². The second-order valence-corrected chi connectivity index (χ2v) is 2.77. The summed E-state index contributed by atoms with van der Waals surface area (Å²) in [5, 5.41) is 3.46. The van der Waals surface area contributed by atoms with Crippen molar-refractivity contribution in [3.63, 3.8) is 0 Å². The Hall–Kier alpha value is -0.770. The van der Waals surface area contributed by atoms with E-state index in [2.05, 4.69) is 10.0 Å². The van der Waals surface area contributed by atoms with Crippen LogP contribution in [0.2, 0.25) is 0 Å². The summed E-state index contributed by atoms with van der Waals surface area (Å²) in [6.45, 7) is 0.413. The van der Waals surface area contributed by atoms with Crippen molar-refractivity contribution in [2.75, 3.05) is 13.7 Å². The fourth-order valence-electron chi connectivity index (χ4n) is 1.30. The Bertz CT molecular complexity index is 179. The van der Waals surface area contributed by atoms with Gasteiger partial charge in [-0.2, -0.15) is 0 Å². The highest BCUT2D eigenvalue weighted by Crippen LogP contribution is 2.19. The first-order valence-electron chi connectivity index (χ1n) is 4.06. The Balaban J connectivity index is 2.30. The van der Waals surface area contributed by atoms with Crippen LogP contribution in [-0.4, -0.2) is 26.0 Å². The standard InChI is InChI=1S/C7H13N3O2/c1-11-7-4-2-3-6(12-7)5-9-10-8/h6-7H,2-5H2,1H3/t6-,7+/m0/s1. The third kappa shape index (κ3) is 2.70. The largest absolute Gasteiger partial charge is 0.356 e. The van der Waals surface area contributed by atoms with Crippen LogP contribution in [0.15, 0.2) is 5.11 Å². The van der Waals surface area contributed by atoms with E-state index in [9.17, 15) is 0 Å². The fraction of sp³-hybridized carbons (Fsp3) is 1.00. The highest BCUT2D eigenvalue weighted by molar-refractivity contribution is 4.68. The van der Waals surface area contributed by atoms with Crippen LogP contribution in [0.1, 0.15) is 19.3 Å². The summed E-state index contributed by atoms with van der Waals surface area (Å²) in [6, 6.07) is 0. The molecule has 1 aliphatic rings. The van der Waals surface area contributed by atoms with E-state index in [0.29, 0.717) is 6.54 Å². The molecular weight excluding hydrogens is 158 g/mol. The topological polar surface area (TPSA) is 67.2 Å². The van der Waals surface area contributed by atoms with Crippen LogP contribution in [0.3, 0.4) is 0 Å². The highest BCUT2D eigenvalue weighted by Gasteiger charge is 2.20. The number of hydrogen-bond donors (Lipinski definition) is 0. The van der Waals surface area contributed by atoms with Crippen LogP contribution >= 0.6 is 0 Å². The molecule has 0 aromatic heterocycles. The average molecular weight is 171 g/mol. The van der Waals surface area contributed by atoms with Gasteiger partial charge in [-0.3, -0.25) is 0 Å². The van der Waals surface area contributed by atoms with E-state index in [1.165, 1.54) is 0 Å². The van der Waals surface area contributed by atoms with Gasteiger partial charge in [-0.15, -0.1) is 0 Å². The number of azide groups is 1. The van der Waals surface area contributed by atoms with Gasteiger partial charge in [0.05, 0.1) is 12.6 Å². The van der Waals surface area contributed by atoms with E-state index in [1.54, 1.807) is 7.11 Å². The van der Waals surface area contributed by atoms with Gasteiger partial charge in [0.1, 0.15) is 0 Å². The molecule has 0 spiro atoms. The maximum atomic E-state index is 8.09. The van der Waals surface area contributed by atoms with E-state index in [4.69, 9.17) is 15.0 Å². The van der Waals surface area contributed by atoms with Crippen LogP contribution in [0.5, 0.6) is 0 Å². The van der Waals surface area contributed by atoms with Gasteiger partial charge in [0, 0.05) is 12.0 Å². The maximum absolute atomic E-state index is 8.09. The molecule has 0 aromatic carbocycles. The van der Waals surface area contributed by atoms with Gasteiger partial charge in [0.2, 0.25) is 0 Å². The minimum atomic E-state index is -0.113. The molecule has 1 heterocycles. The molecule has 1 aliphatic heterocycles. The number of hydrogen-bond acceptors (Lipinski definition) is 3. The molecule has 0 radical (unpaired) electrons. The lowest BCUT2D eigenvalue weighted by atomic mass is 10.1. The summed E-state index contributed by atoms with van der Waals surface area (Å²) < 4.78 is 10.5. The van der Waals surface area contributed by atoms with Gasteiger partial charge in [-0.25, -0.2) is 0 Å². The molecule has 1 rings (SSSR count). The van der Waals surface area contributed by atoms with E-state index >= 15 is 0 Å². The normalized spacial score (nSPS) is 29.4. The lowest BCUT2D eigenvalue weighted by Gasteiger charge is -2.27. The van der Waals surface area contributed by atoms with Crippen LogP contribution in [0, 0.1) is 0 Å². The highest BCUT2D eigenvalue weighted by atomic mass is 16.7. The molecule has 0 amide bonds. The Morgan fingerprint density at radius 3 is 3.17 bits per heavy atom. The predicted octanol–water partition coefficient (Wildman–Crippen LogP) is 1.84. The van der Waals surface area contributed by atoms with Gasteiger partial charge < -0.3 is 9.47 Å². The number of nitrogens with zero attached hydrogens (tertiary/aromatic N) is 3. The molecule has 5 heteroatoms. The van der Waals surface area contributed by atoms with Crippen LogP contribution in [-0.2, 0) is 9.47 Å². The van der Waals surface area contributed by atoms with Crippen molar-refractivity contribution < 1.29 is 9.47 Å². The van der Waals surface area contributed by atoms with Crippen molar-refractivity contribution in [2.45, 2.75) is 31.7 Å². The fourth-order valence-corrected chi connectivity index (χ4v) is 1.30. The zero-order valence-corrected chi connectivity index (χ0v) is 7.14. The lowest BCUT2D eigenvalue weighted by molar-refractivity contribution is -0.176. The van der Waals surface area contributed by atoms with E-state index in [1.807, 2.05) is 0 Å². The number of rotatable bonds is 3. The number of methoxy groups -OCH3 is 1. The van der Waals surface area contributed by atoms with E-state index < -0.39 is 0 Å². The van der Waals surface area contributed by atoms with Crippen molar-refractivity contribution >= 4 is 0 Å². The molecule has 1 fully saturated rings. The summed E-state index contributed by atoms with van der Waals surface area (Å²) in [5.41, 5.74) is 8.09. The van der Waals surface area contributed by atoms with Gasteiger partial charge >= 0.3 is 0 Å². The lowest BCUT2D eigenvalue weighted by Crippen LogP contribution is -2.30.